The molecule has 2 amide bonds. The van der Waals surface area contributed by atoms with Crippen LogP contribution < -0.4 is 10.1 Å². The summed E-state index contributed by atoms with van der Waals surface area (Å²) in [7, 11) is 0. The van der Waals surface area contributed by atoms with Crippen molar-refractivity contribution >= 4 is 27.7 Å². The molecule has 0 aromatic heterocycles. The van der Waals surface area contributed by atoms with Gasteiger partial charge in [-0.05, 0) is 39.0 Å². The van der Waals surface area contributed by atoms with Crippen LogP contribution in [0.2, 0.25) is 0 Å². The van der Waals surface area contributed by atoms with E-state index in [0.29, 0.717) is 12.3 Å². The Morgan fingerprint density at radius 2 is 2.09 bits per heavy atom. The third-order valence-electron chi connectivity index (χ3n) is 2.90. The van der Waals surface area contributed by atoms with E-state index in [9.17, 15) is 9.59 Å². The van der Waals surface area contributed by atoms with Crippen LogP contribution in [0.3, 0.4) is 0 Å². The Kier molecular flexibility index (Phi) is 7.95. The molecular weight excluding hydrogens is 348 g/mol. The number of likely N-dealkylation sites (N-methyl/N-ethyl adjacent to an activating group) is 1. The molecular formula is C16H23BrN2O3. The summed E-state index contributed by atoms with van der Waals surface area (Å²) >= 11 is 3.36. The fourth-order valence-corrected chi connectivity index (χ4v) is 2.27. The van der Waals surface area contributed by atoms with E-state index in [1.54, 1.807) is 0 Å². The average molecular weight is 371 g/mol. The second-order valence-electron chi connectivity index (χ2n) is 5.19. The van der Waals surface area contributed by atoms with Gasteiger partial charge >= 0.3 is 0 Å². The number of ether oxygens (including phenoxy) is 1. The number of nitrogens with zero attached hydrogens (tertiary/aromatic N) is 1. The van der Waals surface area contributed by atoms with Gasteiger partial charge in [-0.2, -0.15) is 0 Å². The Morgan fingerprint density at radius 1 is 1.36 bits per heavy atom. The Labute approximate surface area is 140 Å². The van der Waals surface area contributed by atoms with Crippen molar-refractivity contribution in [3.63, 3.8) is 0 Å². The highest BCUT2D eigenvalue weighted by molar-refractivity contribution is 9.10. The molecule has 1 N–H and O–H groups in total. The highest BCUT2D eigenvalue weighted by Gasteiger charge is 2.15. The fourth-order valence-electron chi connectivity index (χ4n) is 1.89. The highest BCUT2D eigenvalue weighted by atomic mass is 79.9. The molecule has 122 valence electrons. The summed E-state index contributed by atoms with van der Waals surface area (Å²) in [5, 5.41) is 2.78. The summed E-state index contributed by atoms with van der Waals surface area (Å²) in [5.74, 6) is 0.484. The zero-order valence-corrected chi connectivity index (χ0v) is 14.9. The summed E-state index contributed by atoms with van der Waals surface area (Å²) in [4.78, 5) is 25.4. The lowest BCUT2D eigenvalue weighted by molar-refractivity contribution is -0.136. The predicted octanol–water partition coefficient (Wildman–Crippen LogP) is 2.59. The predicted molar refractivity (Wildman–Crippen MR) is 89.8 cm³/mol. The largest absolute Gasteiger partial charge is 0.493 e. The first-order chi connectivity index (χ1) is 10.4. The molecule has 0 atom stereocenters. The van der Waals surface area contributed by atoms with Crippen molar-refractivity contribution in [3.05, 3.63) is 28.7 Å². The van der Waals surface area contributed by atoms with Gasteiger partial charge in [-0.25, -0.2) is 0 Å². The van der Waals surface area contributed by atoms with Gasteiger partial charge in [-0.3, -0.25) is 9.59 Å². The zero-order chi connectivity index (χ0) is 16.5. The van der Waals surface area contributed by atoms with Crippen LogP contribution in [0.25, 0.3) is 0 Å². The number of amides is 2. The molecule has 5 nitrogen and oxygen atoms in total. The lowest BCUT2D eigenvalue weighted by atomic mass is 10.3. The van der Waals surface area contributed by atoms with Crippen molar-refractivity contribution in [1.29, 1.82) is 0 Å². The SMILES string of the molecule is CCN(CC(=O)NC(C)C)C(=O)CCOc1cccc(Br)c1. The van der Waals surface area contributed by atoms with Gasteiger partial charge < -0.3 is 15.0 Å². The normalized spacial score (nSPS) is 10.4. The minimum Gasteiger partial charge on any atom is -0.493 e. The minimum absolute atomic E-state index is 0.0705. The maximum atomic E-state index is 12.1. The molecule has 0 spiro atoms. The molecule has 0 bridgehead atoms. The molecule has 0 saturated carbocycles. The van der Waals surface area contributed by atoms with E-state index in [-0.39, 0.29) is 37.4 Å². The molecule has 0 fully saturated rings. The highest BCUT2D eigenvalue weighted by Crippen LogP contribution is 2.17. The summed E-state index contributed by atoms with van der Waals surface area (Å²) in [6.07, 6.45) is 0.245. The van der Waals surface area contributed by atoms with Crippen molar-refractivity contribution < 1.29 is 14.3 Å². The third kappa shape index (κ3) is 6.93. The lowest BCUT2D eigenvalue weighted by Gasteiger charge is -2.21. The van der Waals surface area contributed by atoms with Crippen molar-refractivity contribution in [2.75, 3.05) is 19.7 Å². The smallest absolute Gasteiger partial charge is 0.239 e. The maximum Gasteiger partial charge on any atom is 0.239 e. The lowest BCUT2D eigenvalue weighted by Crippen LogP contribution is -2.42. The number of carbonyl (C=O) groups excluding carboxylic acids is 2. The second-order valence-corrected chi connectivity index (χ2v) is 6.10. The maximum absolute atomic E-state index is 12.1. The molecule has 1 aromatic rings. The van der Waals surface area contributed by atoms with Crippen molar-refractivity contribution in [1.82, 2.24) is 10.2 Å². The monoisotopic (exact) mass is 370 g/mol. The van der Waals surface area contributed by atoms with Crippen molar-refractivity contribution in [2.24, 2.45) is 0 Å². The molecule has 0 heterocycles. The first-order valence-electron chi connectivity index (χ1n) is 7.38. The van der Waals surface area contributed by atoms with Crippen molar-refractivity contribution in [2.45, 2.75) is 33.2 Å². The Balaban J connectivity index is 2.40. The van der Waals surface area contributed by atoms with Crippen LogP contribution in [0.4, 0.5) is 0 Å². The summed E-state index contributed by atoms with van der Waals surface area (Å²) in [5.41, 5.74) is 0. The second kappa shape index (κ2) is 9.46. The van der Waals surface area contributed by atoms with Crippen LogP contribution in [0.15, 0.2) is 28.7 Å². The van der Waals surface area contributed by atoms with E-state index in [1.807, 2.05) is 45.0 Å². The summed E-state index contributed by atoms with van der Waals surface area (Å²) < 4.78 is 6.47. The molecule has 1 rings (SSSR count). The number of halogens is 1. The minimum atomic E-state index is -0.141. The van der Waals surface area contributed by atoms with E-state index in [4.69, 9.17) is 4.74 Å². The Morgan fingerprint density at radius 3 is 2.68 bits per heavy atom. The van der Waals surface area contributed by atoms with E-state index < -0.39 is 0 Å². The van der Waals surface area contributed by atoms with Gasteiger partial charge in [0, 0.05) is 17.1 Å². The molecule has 0 aliphatic heterocycles. The molecule has 0 radical (unpaired) electrons. The van der Waals surface area contributed by atoms with Crippen LogP contribution in [0.5, 0.6) is 5.75 Å². The third-order valence-corrected chi connectivity index (χ3v) is 3.39. The van der Waals surface area contributed by atoms with Crippen LogP contribution in [0.1, 0.15) is 27.2 Å². The quantitative estimate of drug-likeness (QED) is 0.764. The molecule has 6 heteroatoms. The van der Waals surface area contributed by atoms with Gasteiger partial charge in [0.1, 0.15) is 5.75 Å². The first kappa shape index (κ1) is 18.5. The van der Waals surface area contributed by atoms with Gasteiger partial charge in [0.05, 0.1) is 19.6 Å². The standard InChI is InChI=1S/C16H23BrN2O3/c1-4-19(11-15(20)18-12(2)3)16(21)8-9-22-14-7-5-6-13(17)10-14/h5-7,10,12H,4,8-9,11H2,1-3H3,(H,18,20). The Hall–Kier alpha value is -1.56. The number of nitrogens with one attached hydrogen (secondary N) is 1. The van der Waals surface area contributed by atoms with Crippen LogP contribution >= 0.6 is 15.9 Å². The van der Waals surface area contributed by atoms with Crippen LogP contribution in [0, 0.1) is 0 Å². The van der Waals surface area contributed by atoms with E-state index in [1.165, 1.54) is 4.90 Å². The molecule has 22 heavy (non-hydrogen) atoms. The fraction of sp³-hybridized carbons (Fsp3) is 0.500. The van der Waals surface area contributed by atoms with E-state index in [2.05, 4.69) is 21.2 Å². The Bertz CT molecular complexity index is 506. The zero-order valence-electron chi connectivity index (χ0n) is 13.3. The number of carbonyl (C=O) groups is 2. The molecule has 1 aromatic carbocycles. The molecule has 0 aliphatic rings. The first-order valence-corrected chi connectivity index (χ1v) is 8.17. The van der Waals surface area contributed by atoms with Gasteiger partial charge in [-0.1, -0.05) is 22.0 Å². The van der Waals surface area contributed by atoms with E-state index >= 15 is 0 Å². The van der Waals surface area contributed by atoms with Gasteiger partial charge in [0.25, 0.3) is 0 Å². The molecule has 0 aliphatic carbocycles. The van der Waals surface area contributed by atoms with E-state index in [0.717, 1.165) is 4.47 Å². The number of hydrogen-bond donors (Lipinski definition) is 1. The molecule has 0 unspecified atom stereocenters. The van der Waals surface area contributed by atoms with Gasteiger partial charge in [0.15, 0.2) is 0 Å². The summed E-state index contributed by atoms with van der Waals surface area (Å²) in [6.45, 7) is 6.52. The summed E-state index contributed by atoms with van der Waals surface area (Å²) in [6, 6.07) is 7.53. The average Bonchev–Trinajstić information content (AvgIpc) is 2.44. The van der Waals surface area contributed by atoms with Gasteiger partial charge in [-0.15, -0.1) is 0 Å². The van der Waals surface area contributed by atoms with Gasteiger partial charge in [0.2, 0.25) is 11.8 Å². The molecule has 0 saturated heterocycles. The number of hydrogen-bond acceptors (Lipinski definition) is 3. The van der Waals surface area contributed by atoms with Crippen LogP contribution in [-0.4, -0.2) is 42.5 Å². The topological polar surface area (TPSA) is 58.6 Å². The number of rotatable bonds is 8. The van der Waals surface area contributed by atoms with Crippen molar-refractivity contribution in [3.8, 4) is 5.75 Å². The number of benzene rings is 1. The van der Waals surface area contributed by atoms with Crippen LogP contribution in [-0.2, 0) is 9.59 Å².